The van der Waals surface area contributed by atoms with Crippen molar-refractivity contribution < 1.29 is 127 Å². The second kappa shape index (κ2) is 26.6. The standard InChI is InChI=1S/C30H45F17O11/c31-23(32,24(33,34)25(35,36)26(37,38)27(39,40)28(41,42)29(43,44)30(45,46)47)1-3-49-5-7-51-9-11-53-13-15-55-17-19-57-21-22-58-20-18-56-16-14-54-12-10-52-8-6-50-4-2-48/h48H,1-22H2. The molecule has 0 aromatic carbocycles. The minimum absolute atomic E-state index is 0.0465. The molecule has 28 heteroatoms. The molecule has 0 amide bonds. The van der Waals surface area contributed by atoms with Gasteiger partial charge in [-0.15, -0.1) is 0 Å². The van der Waals surface area contributed by atoms with Gasteiger partial charge < -0.3 is 52.5 Å². The maximum absolute atomic E-state index is 13.9. The summed E-state index contributed by atoms with van der Waals surface area (Å²) in [4.78, 5) is 0. The highest BCUT2D eigenvalue weighted by atomic mass is 19.4. The summed E-state index contributed by atoms with van der Waals surface area (Å²) in [5, 5.41) is 8.55. The number of alkyl halides is 17. The fourth-order valence-corrected chi connectivity index (χ4v) is 3.70. The highest BCUT2D eigenvalue weighted by Gasteiger charge is 2.95. The zero-order chi connectivity index (χ0) is 44.6. The van der Waals surface area contributed by atoms with E-state index in [2.05, 4.69) is 4.74 Å². The van der Waals surface area contributed by atoms with Gasteiger partial charge in [-0.05, 0) is 0 Å². The van der Waals surface area contributed by atoms with Crippen molar-refractivity contribution in [3.63, 3.8) is 0 Å². The first-order valence-electron chi connectivity index (χ1n) is 16.9. The zero-order valence-corrected chi connectivity index (χ0v) is 30.5. The Morgan fingerprint density at radius 3 is 0.655 bits per heavy atom. The molecule has 0 aliphatic rings. The van der Waals surface area contributed by atoms with Gasteiger partial charge in [0.25, 0.3) is 0 Å². The fraction of sp³-hybridized carbons (Fsp3) is 1.00. The molecule has 0 aliphatic carbocycles. The lowest BCUT2D eigenvalue weighted by Gasteiger charge is -2.42. The van der Waals surface area contributed by atoms with Gasteiger partial charge in [-0.25, -0.2) is 0 Å². The van der Waals surface area contributed by atoms with Gasteiger partial charge in [-0.2, -0.15) is 74.6 Å². The lowest BCUT2D eigenvalue weighted by Crippen LogP contribution is -2.74. The van der Waals surface area contributed by atoms with Crippen LogP contribution in [0.1, 0.15) is 6.42 Å². The fourth-order valence-electron chi connectivity index (χ4n) is 3.70. The van der Waals surface area contributed by atoms with Crippen LogP contribution in [0.5, 0.6) is 0 Å². The molecule has 58 heavy (non-hydrogen) atoms. The molecule has 1 N–H and O–H groups in total. The van der Waals surface area contributed by atoms with E-state index >= 15 is 0 Å². The van der Waals surface area contributed by atoms with Crippen molar-refractivity contribution in [2.75, 3.05) is 139 Å². The SMILES string of the molecule is OCCOCCOCCOCCOCCOCCOCCOCCOCCOCCOCCC(F)(F)C(F)(F)C(F)(F)C(F)(F)C(F)(F)C(F)(F)C(F)(F)C(F)(F)F. The van der Waals surface area contributed by atoms with Crippen LogP contribution in [-0.2, 0) is 47.4 Å². The summed E-state index contributed by atoms with van der Waals surface area (Å²) >= 11 is 0. The molecule has 0 atom stereocenters. The topological polar surface area (TPSA) is 113 Å². The van der Waals surface area contributed by atoms with Crippen LogP contribution in [0.3, 0.4) is 0 Å². The molecule has 0 saturated heterocycles. The van der Waals surface area contributed by atoms with Crippen LogP contribution in [0, 0.1) is 0 Å². The molecular formula is C30H45F17O11. The van der Waals surface area contributed by atoms with Crippen molar-refractivity contribution in [1.29, 1.82) is 0 Å². The van der Waals surface area contributed by atoms with Crippen molar-refractivity contribution in [3.8, 4) is 0 Å². The molecule has 0 spiro atoms. The van der Waals surface area contributed by atoms with E-state index in [0.29, 0.717) is 59.5 Å². The van der Waals surface area contributed by atoms with Gasteiger partial charge in [0.1, 0.15) is 0 Å². The van der Waals surface area contributed by atoms with Gasteiger partial charge >= 0.3 is 47.6 Å². The highest BCUT2D eigenvalue weighted by molar-refractivity contribution is 5.15. The van der Waals surface area contributed by atoms with Crippen LogP contribution in [0.25, 0.3) is 0 Å². The average molecular weight is 905 g/mol. The normalized spacial score (nSPS) is 14.2. The van der Waals surface area contributed by atoms with E-state index in [0.717, 1.165) is 0 Å². The minimum atomic E-state index is -8.66. The Kier molecular flexibility index (Phi) is 25.9. The van der Waals surface area contributed by atoms with Crippen LogP contribution in [0.2, 0.25) is 0 Å². The van der Waals surface area contributed by atoms with Crippen LogP contribution in [-0.4, -0.2) is 191 Å². The molecule has 11 nitrogen and oxygen atoms in total. The van der Waals surface area contributed by atoms with Crippen molar-refractivity contribution in [3.05, 3.63) is 0 Å². The molecule has 0 rings (SSSR count). The van der Waals surface area contributed by atoms with Gasteiger partial charge in [0, 0.05) is 6.42 Å². The van der Waals surface area contributed by atoms with Crippen LogP contribution >= 0.6 is 0 Å². The van der Waals surface area contributed by atoms with Gasteiger partial charge in [-0.1, -0.05) is 0 Å². The predicted octanol–water partition coefficient (Wildman–Crippen LogP) is 5.54. The summed E-state index contributed by atoms with van der Waals surface area (Å²) in [6.45, 7) is 1.28. The minimum Gasteiger partial charge on any atom is -0.394 e. The van der Waals surface area contributed by atoms with Crippen molar-refractivity contribution in [1.82, 2.24) is 0 Å². The maximum Gasteiger partial charge on any atom is 0.460 e. The number of halogens is 17. The Morgan fingerprint density at radius 1 is 0.241 bits per heavy atom. The lowest BCUT2D eigenvalue weighted by molar-refractivity contribution is -0.462. The molecule has 0 fully saturated rings. The van der Waals surface area contributed by atoms with Crippen molar-refractivity contribution >= 4 is 0 Å². The van der Waals surface area contributed by atoms with E-state index in [-0.39, 0.29) is 59.5 Å². The van der Waals surface area contributed by atoms with Crippen molar-refractivity contribution in [2.45, 2.75) is 54.1 Å². The summed E-state index contributed by atoms with van der Waals surface area (Å²) in [7, 11) is 0. The molecule has 0 aromatic rings. The third-order valence-corrected chi connectivity index (χ3v) is 6.93. The van der Waals surface area contributed by atoms with E-state index in [9.17, 15) is 74.6 Å². The first kappa shape index (κ1) is 56.4. The monoisotopic (exact) mass is 904 g/mol. The molecule has 0 aliphatic heterocycles. The zero-order valence-electron chi connectivity index (χ0n) is 30.5. The molecule has 0 radical (unpaired) electrons. The molecule has 0 aromatic heterocycles. The Labute approximate surface area is 320 Å². The molecular weight excluding hydrogens is 859 g/mol. The number of ether oxygens (including phenoxy) is 10. The Hall–Kier alpha value is -1.63. The average Bonchev–Trinajstić information content (AvgIpc) is 3.12. The summed E-state index contributed by atoms with van der Waals surface area (Å²) in [5.74, 6) is -56.6. The van der Waals surface area contributed by atoms with E-state index in [1.807, 2.05) is 0 Å². The second-order valence-electron chi connectivity index (χ2n) is 11.2. The largest absolute Gasteiger partial charge is 0.460 e. The third kappa shape index (κ3) is 17.0. The number of aliphatic hydroxyl groups excluding tert-OH is 1. The number of hydrogen-bond acceptors (Lipinski definition) is 11. The summed E-state index contributed by atoms with van der Waals surface area (Å²) < 4.78 is 277. The number of hydrogen-bond donors (Lipinski definition) is 1. The third-order valence-electron chi connectivity index (χ3n) is 6.93. The highest BCUT2D eigenvalue weighted by Crippen LogP contribution is 2.64. The molecule has 0 unspecified atom stereocenters. The Morgan fingerprint density at radius 2 is 0.431 bits per heavy atom. The van der Waals surface area contributed by atoms with E-state index in [1.54, 1.807) is 0 Å². The smallest absolute Gasteiger partial charge is 0.394 e. The lowest BCUT2D eigenvalue weighted by atomic mass is 9.88. The number of rotatable bonds is 38. The molecule has 0 bridgehead atoms. The summed E-state index contributed by atoms with van der Waals surface area (Å²) in [6, 6.07) is 0. The second-order valence-corrected chi connectivity index (χ2v) is 11.2. The first-order valence-corrected chi connectivity index (χ1v) is 16.9. The Bertz CT molecular complexity index is 1060. The van der Waals surface area contributed by atoms with Gasteiger partial charge in [-0.3, -0.25) is 0 Å². The predicted molar refractivity (Wildman–Crippen MR) is 161 cm³/mol. The van der Waals surface area contributed by atoms with Gasteiger partial charge in [0.05, 0.1) is 139 Å². The van der Waals surface area contributed by atoms with Gasteiger partial charge in [0.15, 0.2) is 0 Å². The summed E-state index contributed by atoms with van der Waals surface area (Å²) in [5.41, 5.74) is 0. The number of aliphatic hydroxyl groups is 1. The molecule has 0 saturated carbocycles. The van der Waals surface area contributed by atoms with Crippen LogP contribution in [0.15, 0.2) is 0 Å². The molecule has 350 valence electrons. The van der Waals surface area contributed by atoms with E-state index < -0.39 is 73.9 Å². The van der Waals surface area contributed by atoms with E-state index in [1.165, 1.54) is 0 Å². The van der Waals surface area contributed by atoms with Crippen LogP contribution < -0.4 is 0 Å². The maximum atomic E-state index is 13.9. The Balaban J connectivity index is 4.04. The van der Waals surface area contributed by atoms with Crippen LogP contribution in [0.4, 0.5) is 74.6 Å². The summed E-state index contributed by atoms with van der Waals surface area (Å²) in [6.07, 6.45) is -10.5. The molecule has 0 heterocycles. The van der Waals surface area contributed by atoms with E-state index in [4.69, 9.17) is 47.7 Å². The quantitative estimate of drug-likeness (QED) is 0.0623. The van der Waals surface area contributed by atoms with Crippen molar-refractivity contribution in [2.24, 2.45) is 0 Å². The first-order chi connectivity index (χ1) is 26.8. The van der Waals surface area contributed by atoms with Gasteiger partial charge in [0.2, 0.25) is 0 Å².